The van der Waals surface area contributed by atoms with Crippen LogP contribution in [0, 0.1) is 0 Å². The van der Waals surface area contributed by atoms with Gasteiger partial charge in [0.05, 0.1) is 7.11 Å². The Kier molecular flexibility index (Phi) is 4.38. The molecule has 1 amide bonds. The molecule has 0 aliphatic carbocycles. The molecule has 0 heterocycles. The van der Waals surface area contributed by atoms with Gasteiger partial charge in [-0.1, -0.05) is 39.8 Å². The molecule has 1 aromatic carbocycles. The van der Waals surface area contributed by atoms with Crippen LogP contribution < -0.4 is 10.5 Å². The van der Waals surface area contributed by atoms with Gasteiger partial charge in [-0.05, 0) is 28.5 Å². The van der Waals surface area contributed by atoms with Crippen molar-refractivity contribution in [3.8, 4) is 5.75 Å². The molecule has 0 radical (unpaired) electrons. The number of hydrogen-bond donors (Lipinski definition) is 1. The van der Waals surface area contributed by atoms with Gasteiger partial charge < -0.3 is 10.5 Å². The average molecular weight is 249 g/mol. The first-order chi connectivity index (χ1) is 8.25. The summed E-state index contributed by atoms with van der Waals surface area (Å²) in [5.41, 5.74) is 7.53. The third kappa shape index (κ3) is 3.49. The summed E-state index contributed by atoms with van der Waals surface area (Å²) in [5, 5.41) is 0. The Morgan fingerprint density at radius 3 is 2.44 bits per heavy atom. The predicted molar refractivity (Wildman–Crippen MR) is 73.9 cm³/mol. The molecule has 0 spiro atoms. The Hall–Kier alpha value is -1.51. The van der Waals surface area contributed by atoms with Gasteiger partial charge in [0.15, 0.2) is 0 Å². The van der Waals surface area contributed by atoms with E-state index in [0.717, 1.165) is 16.9 Å². The van der Waals surface area contributed by atoms with Gasteiger partial charge in [-0.15, -0.1) is 0 Å². The summed E-state index contributed by atoms with van der Waals surface area (Å²) < 4.78 is 5.40. The van der Waals surface area contributed by atoms with Gasteiger partial charge in [0.2, 0.25) is 5.91 Å². The molecule has 0 fully saturated rings. The van der Waals surface area contributed by atoms with Gasteiger partial charge in [0.1, 0.15) is 5.75 Å². The summed E-state index contributed by atoms with van der Waals surface area (Å²) in [4.78, 5) is 11.0. The fourth-order valence-corrected chi connectivity index (χ4v) is 2.04. The van der Waals surface area contributed by atoms with Crippen LogP contribution in [-0.2, 0) is 10.2 Å². The van der Waals surface area contributed by atoms with E-state index in [4.69, 9.17) is 10.5 Å². The summed E-state index contributed by atoms with van der Waals surface area (Å²) in [6.45, 7) is 8.45. The lowest BCUT2D eigenvalue weighted by Crippen LogP contribution is -2.16. The maximum atomic E-state index is 11.0. The molecule has 0 saturated heterocycles. The molecule has 0 saturated carbocycles. The molecule has 100 valence electrons. The van der Waals surface area contributed by atoms with Crippen molar-refractivity contribution in [3.63, 3.8) is 0 Å². The van der Waals surface area contributed by atoms with Gasteiger partial charge >= 0.3 is 0 Å². The molecule has 1 aromatic rings. The quantitative estimate of drug-likeness (QED) is 0.892. The maximum absolute atomic E-state index is 11.0. The SMILES string of the molecule is COc1ccc(C(C)CC(N)=O)cc1C(C)(C)C. The van der Waals surface area contributed by atoms with Gasteiger partial charge in [-0.2, -0.15) is 0 Å². The van der Waals surface area contributed by atoms with Gasteiger partial charge in [0.25, 0.3) is 0 Å². The number of nitrogens with two attached hydrogens (primary N) is 1. The molecule has 1 atom stereocenters. The molecule has 0 aliphatic heterocycles. The van der Waals surface area contributed by atoms with Crippen LogP contribution in [-0.4, -0.2) is 13.0 Å². The number of carbonyl (C=O) groups excluding carboxylic acids is 1. The number of rotatable bonds is 4. The van der Waals surface area contributed by atoms with E-state index in [2.05, 4.69) is 26.8 Å². The number of amides is 1. The minimum absolute atomic E-state index is 0.00774. The van der Waals surface area contributed by atoms with Crippen molar-refractivity contribution in [2.75, 3.05) is 7.11 Å². The van der Waals surface area contributed by atoms with Gasteiger partial charge in [0, 0.05) is 6.42 Å². The molecule has 1 rings (SSSR count). The fourth-order valence-electron chi connectivity index (χ4n) is 2.04. The van der Waals surface area contributed by atoms with Crippen molar-refractivity contribution in [2.45, 2.75) is 45.4 Å². The summed E-state index contributed by atoms with van der Waals surface area (Å²) in [6.07, 6.45) is 0.371. The van der Waals surface area contributed by atoms with Crippen molar-refractivity contribution in [3.05, 3.63) is 29.3 Å². The second-order valence-corrected chi connectivity index (χ2v) is 5.78. The molecule has 0 aliphatic rings. The van der Waals surface area contributed by atoms with Crippen LogP contribution in [0.2, 0.25) is 0 Å². The molecule has 18 heavy (non-hydrogen) atoms. The molecule has 2 N–H and O–H groups in total. The van der Waals surface area contributed by atoms with E-state index in [0.29, 0.717) is 6.42 Å². The van der Waals surface area contributed by atoms with Gasteiger partial charge in [-0.3, -0.25) is 4.79 Å². The van der Waals surface area contributed by atoms with Crippen LogP contribution in [0.5, 0.6) is 5.75 Å². The first-order valence-corrected chi connectivity index (χ1v) is 6.22. The summed E-state index contributed by atoms with van der Waals surface area (Å²) in [5.74, 6) is 0.752. The van der Waals surface area contributed by atoms with E-state index in [1.165, 1.54) is 0 Å². The second kappa shape index (κ2) is 5.42. The standard InChI is InChI=1S/C15H23NO2/c1-10(8-14(16)17)11-6-7-13(18-5)12(9-11)15(2,3)4/h6-7,9-10H,8H2,1-5H3,(H2,16,17). The van der Waals surface area contributed by atoms with Crippen LogP contribution in [0.25, 0.3) is 0 Å². The minimum atomic E-state index is -0.268. The third-order valence-corrected chi connectivity index (χ3v) is 3.11. The average Bonchev–Trinajstić information content (AvgIpc) is 2.26. The third-order valence-electron chi connectivity index (χ3n) is 3.11. The normalized spacial score (nSPS) is 13.2. The Labute approximate surface area is 109 Å². The summed E-state index contributed by atoms with van der Waals surface area (Å²) >= 11 is 0. The molecule has 3 heteroatoms. The molecule has 0 aromatic heterocycles. The maximum Gasteiger partial charge on any atom is 0.218 e. The molecular weight excluding hydrogens is 226 g/mol. The Balaban J connectivity index is 3.14. The van der Waals surface area contributed by atoms with Crippen molar-refractivity contribution in [1.82, 2.24) is 0 Å². The van der Waals surface area contributed by atoms with E-state index in [1.807, 2.05) is 19.1 Å². The van der Waals surface area contributed by atoms with Crippen molar-refractivity contribution in [1.29, 1.82) is 0 Å². The number of carbonyl (C=O) groups is 1. The van der Waals surface area contributed by atoms with Crippen LogP contribution in [0.15, 0.2) is 18.2 Å². The smallest absolute Gasteiger partial charge is 0.218 e. The van der Waals surface area contributed by atoms with E-state index >= 15 is 0 Å². The zero-order chi connectivity index (χ0) is 13.9. The molecule has 3 nitrogen and oxygen atoms in total. The number of methoxy groups -OCH3 is 1. The Morgan fingerprint density at radius 1 is 1.39 bits per heavy atom. The minimum Gasteiger partial charge on any atom is -0.496 e. The highest BCUT2D eigenvalue weighted by molar-refractivity contribution is 5.74. The Bertz CT molecular complexity index is 433. The van der Waals surface area contributed by atoms with Crippen molar-refractivity contribution in [2.24, 2.45) is 5.73 Å². The first kappa shape index (κ1) is 14.6. The number of hydrogen-bond acceptors (Lipinski definition) is 2. The number of primary amides is 1. The monoisotopic (exact) mass is 249 g/mol. The second-order valence-electron chi connectivity index (χ2n) is 5.78. The van der Waals surface area contributed by atoms with Crippen LogP contribution >= 0.6 is 0 Å². The van der Waals surface area contributed by atoms with Gasteiger partial charge in [-0.25, -0.2) is 0 Å². The molecule has 0 bridgehead atoms. The lowest BCUT2D eigenvalue weighted by atomic mass is 9.83. The van der Waals surface area contributed by atoms with Crippen LogP contribution in [0.4, 0.5) is 0 Å². The summed E-state index contributed by atoms with van der Waals surface area (Å²) in [6, 6.07) is 6.08. The topological polar surface area (TPSA) is 52.3 Å². The molecular formula is C15H23NO2. The van der Waals surface area contributed by atoms with E-state index in [1.54, 1.807) is 7.11 Å². The van der Waals surface area contributed by atoms with E-state index in [-0.39, 0.29) is 17.2 Å². The fraction of sp³-hybridized carbons (Fsp3) is 0.533. The highest BCUT2D eigenvalue weighted by atomic mass is 16.5. The summed E-state index contributed by atoms with van der Waals surface area (Å²) in [7, 11) is 1.68. The van der Waals surface area contributed by atoms with Crippen molar-refractivity contribution < 1.29 is 9.53 Å². The van der Waals surface area contributed by atoms with Crippen LogP contribution in [0.3, 0.4) is 0 Å². The number of benzene rings is 1. The number of ether oxygens (including phenoxy) is 1. The lowest BCUT2D eigenvalue weighted by Gasteiger charge is -2.24. The zero-order valence-corrected chi connectivity index (χ0v) is 11.9. The molecule has 1 unspecified atom stereocenters. The predicted octanol–water partition coefficient (Wildman–Crippen LogP) is 2.97. The van der Waals surface area contributed by atoms with Crippen molar-refractivity contribution >= 4 is 5.91 Å². The van der Waals surface area contributed by atoms with E-state index < -0.39 is 0 Å². The highest BCUT2D eigenvalue weighted by Gasteiger charge is 2.20. The Morgan fingerprint density at radius 2 is 2.00 bits per heavy atom. The highest BCUT2D eigenvalue weighted by Crippen LogP contribution is 2.34. The largest absolute Gasteiger partial charge is 0.496 e. The zero-order valence-electron chi connectivity index (χ0n) is 11.9. The van der Waals surface area contributed by atoms with E-state index in [9.17, 15) is 4.79 Å². The van der Waals surface area contributed by atoms with Crippen LogP contribution in [0.1, 0.15) is 51.2 Å². The lowest BCUT2D eigenvalue weighted by molar-refractivity contribution is -0.118. The first-order valence-electron chi connectivity index (χ1n) is 6.22.